The summed E-state index contributed by atoms with van der Waals surface area (Å²) in [5.74, 6) is -2.53. The first kappa shape index (κ1) is 32.4. The molecule has 0 saturated carbocycles. The summed E-state index contributed by atoms with van der Waals surface area (Å²) < 4.78 is 16.7. The summed E-state index contributed by atoms with van der Waals surface area (Å²) in [6.07, 6.45) is 5.91. The molecule has 0 saturated heterocycles. The fourth-order valence-corrected chi connectivity index (χ4v) is 3.68. The standard InChI is InChI=1S/C27H50O7/c1-10-13-16-24(4,5)32-21(28)19-27(31,23(30)34-26(8,9)18-15-12-3)20-22(29)33-25(6,7)17-14-11-2/h31H,10-20H2,1-9H3. The van der Waals surface area contributed by atoms with E-state index in [1.807, 2.05) is 20.8 Å². The predicted molar refractivity (Wildman–Crippen MR) is 133 cm³/mol. The monoisotopic (exact) mass is 486 g/mol. The second kappa shape index (κ2) is 14.1. The number of aliphatic hydroxyl groups is 1. The van der Waals surface area contributed by atoms with E-state index in [2.05, 4.69) is 0 Å². The molecule has 0 heterocycles. The van der Waals surface area contributed by atoms with Gasteiger partial charge in [0, 0.05) is 0 Å². The summed E-state index contributed by atoms with van der Waals surface area (Å²) in [7, 11) is 0. The summed E-state index contributed by atoms with van der Waals surface area (Å²) in [6.45, 7) is 16.8. The van der Waals surface area contributed by atoms with E-state index in [1.165, 1.54) is 0 Å². The minimum absolute atomic E-state index is 0.592. The van der Waals surface area contributed by atoms with E-state index in [1.54, 1.807) is 41.5 Å². The molecule has 0 fully saturated rings. The molecule has 1 N–H and O–H groups in total. The van der Waals surface area contributed by atoms with Crippen LogP contribution in [0.2, 0.25) is 0 Å². The lowest BCUT2D eigenvalue weighted by atomic mass is 9.93. The molecule has 200 valence electrons. The van der Waals surface area contributed by atoms with Gasteiger partial charge in [0.15, 0.2) is 5.60 Å². The lowest BCUT2D eigenvalue weighted by molar-refractivity contribution is -0.192. The molecule has 0 amide bonds. The Morgan fingerprint density at radius 3 is 1.18 bits per heavy atom. The number of hydrogen-bond acceptors (Lipinski definition) is 7. The van der Waals surface area contributed by atoms with Crippen LogP contribution in [0.15, 0.2) is 0 Å². The zero-order valence-electron chi connectivity index (χ0n) is 23.2. The smallest absolute Gasteiger partial charge is 0.339 e. The van der Waals surface area contributed by atoms with Crippen molar-refractivity contribution in [3.05, 3.63) is 0 Å². The third kappa shape index (κ3) is 13.3. The fourth-order valence-electron chi connectivity index (χ4n) is 3.68. The predicted octanol–water partition coefficient (Wildman–Crippen LogP) is 6.03. The molecule has 0 unspecified atom stereocenters. The van der Waals surface area contributed by atoms with E-state index in [9.17, 15) is 19.5 Å². The summed E-state index contributed by atoms with van der Waals surface area (Å²) in [5.41, 5.74) is -4.73. The van der Waals surface area contributed by atoms with Gasteiger partial charge in [-0.1, -0.05) is 40.0 Å². The quantitative estimate of drug-likeness (QED) is 0.198. The second-order valence-electron chi connectivity index (χ2n) is 11.3. The number of hydrogen-bond donors (Lipinski definition) is 1. The molecule has 0 aliphatic carbocycles. The van der Waals surface area contributed by atoms with Gasteiger partial charge < -0.3 is 19.3 Å². The van der Waals surface area contributed by atoms with Gasteiger partial charge in [-0.3, -0.25) is 9.59 Å². The van der Waals surface area contributed by atoms with Gasteiger partial charge in [-0.2, -0.15) is 0 Å². The van der Waals surface area contributed by atoms with Crippen LogP contribution in [0.1, 0.15) is 133 Å². The molecule has 0 bridgehead atoms. The highest BCUT2D eigenvalue weighted by Crippen LogP contribution is 2.29. The molecule has 7 nitrogen and oxygen atoms in total. The van der Waals surface area contributed by atoms with Crippen molar-refractivity contribution >= 4 is 17.9 Å². The van der Waals surface area contributed by atoms with Crippen LogP contribution in [0, 0.1) is 0 Å². The van der Waals surface area contributed by atoms with Crippen LogP contribution in [0.3, 0.4) is 0 Å². The molecule has 7 heteroatoms. The Morgan fingerprint density at radius 1 is 0.588 bits per heavy atom. The highest BCUT2D eigenvalue weighted by Gasteiger charge is 2.46. The van der Waals surface area contributed by atoms with Crippen LogP contribution in [0.25, 0.3) is 0 Å². The molecule has 0 aliphatic rings. The summed E-state index contributed by atoms with van der Waals surface area (Å²) in [6, 6.07) is 0. The summed E-state index contributed by atoms with van der Waals surface area (Å²) >= 11 is 0. The van der Waals surface area contributed by atoms with Crippen molar-refractivity contribution in [1.82, 2.24) is 0 Å². The molecule has 0 rings (SSSR count). The van der Waals surface area contributed by atoms with Gasteiger partial charge in [0.2, 0.25) is 0 Å². The third-order valence-electron chi connectivity index (χ3n) is 5.80. The molecule has 0 aromatic rings. The minimum Gasteiger partial charge on any atom is -0.460 e. The van der Waals surface area contributed by atoms with Gasteiger partial charge in [0.25, 0.3) is 0 Å². The number of esters is 3. The number of rotatable bonds is 17. The van der Waals surface area contributed by atoms with Crippen molar-refractivity contribution < 1.29 is 33.7 Å². The van der Waals surface area contributed by atoms with Gasteiger partial charge in [0.1, 0.15) is 16.8 Å². The Bertz CT molecular complexity index is 613. The Hall–Kier alpha value is -1.63. The molecule has 0 radical (unpaired) electrons. The molecule has 34 heavy (non-hydrogen) atoms. The third-order valence-corrected chi connectivity index (χ3v) is 5.80. The molecule has 0 atom stereocenters. The zero-order chi connectivity index (χ0) is 26.6. The van der Waals surface area contributed by atoms with E-state index < -0.39 is 53.2 Å². The van der Waals surface area contributed by atoms with Crippen LogP contribution in [0.5, 0.6) is 0 Å². The highest BCUT2D eigenvalue weighted by atomic mass is 16.6. The van der Waals surface area contributed by atoms with E-state index in [0.717, 1.165) is 38.5 Å². The van der Waals surface area contributed by atoms with Gasteiger partial charge in [-0.05, 0) is 80.1 Å². The number of carbonyl (C=O) groups is 3. The van der Waals surface area contributed by atoms with Gasteiger partial charge in [-0.15, -0.1) is 0 Å². The Balaban J connectivity index is 5.62. The van der Waals surface area contributed by atoms with Crippen LogP contribution in [0.4, 0.5) is 0 Å². The van der Waals surface area contributed by atoms with E-state index in [0.29, 0.717) is 19.3 Å². The van der Waals surface area contributed by atoms with Crippen molar-refractivity contribution in [2.24, 2.45) is 0 Å². The van der Waals surface area contributed by atoms with Crippen molar-refractivity contribution in [2.75, 3.05) is 0 Å². The SMILES string of the molecule is CCCCC(C)(C)OC(=O)CC(O)(CC(=O)OC(C)(C)CCCC)C(=O)OC(C)(C)CCCC. The van der Waals surface area contributed by atoms with Crippen molar-refractivity contribution in [2.45, 2.75) is 155 Å². The number of ether oxygens (including phenoxy) is 3. The maximum absolute atomic E-state index is 13.1. The van der Waals surface area contributed by atoms with Crippen molar-refractivity contribution in [3.8, 4) is 0 Å². The lowest BCUT2D eigenvalue weighted by Gasteiger charge is -2.33. The Kier molecular flexibility index (Phi) is 13.4. The van der Waals surface area contributed by atoms with Crippen LogP contribution in [-0.4, -0.2) is 45.4 Å². The first-order chi connectivity index (χ1) is 15.5. The van der Waals surface area contributed by atoms with E-state index >= 15 is 0 Å². The zero-order valence-corrected chi connectivity index (χ0v) is 23.2. The van der Waals surface area contributed by atoms with E-state index in [4.69, 9.17) is 14.2 Å². The molecule has 0 aromatic carbocycles. The number of carbonyl (C=O) groups excluding carboxylic acids is 3. The summed E-state index contributed by atoms with van der Waals surface area (Å²) in [5, 5.41) is 11.3. The average molecular weight is 487 g/mol. The molecular weight excluding hydrogens is 436 g/mol. The van der Waals surface area contributed by atoms with Crippen LogP contribution >= 0.6 is 0 Å². The van der Waals surface area contributed by atoms with Crippen LogP contribution < -0.4 is 0 Å². The first-order valence-corrected chi connectivity index (χ1v) is 12.9. The molecular formula is C27H50O7. The summed E-state index contributed by atoms with van der Waals surface area (Å²) in [4.78, 5) is 38.6. The van der Waals surface area contributed by atoms with E-state index in [-0.39, 0.29) is 0 Å². The maximum Gasteiger partial charge on any atom is 0.339 e. The van der Waals surface area contributed by atoms with Crippen molar-refractivity contribution in [1.29, 1.82) is 0 Å². The second-order valence-corrected chi connectivity index (χ2v) is 11.3. The highest BCUT2D eigenvalue weighted by molar-refractivity contribution is 5.90. The normalized spacial score (nSPS) is 12.9. The Labute approximate surface area is 207 Å². The van der Waals surface area contributed by atoms with Gasteiger partial charge in [0.05, 0.1) is 12.8 Å². The average Bonchev–Trinajstić information content (AvgIpc) is 2.67. The number of unbranched alkanes of at least 4 members (excludes halogenated alkanes) is 3. The van der Waals surface area contributed by atoms with Gasteiger partial charge >= 0.3 is 17.9 Å². The lowest BCUT2D eigenvalue weighted by Crippen LogP contribution is -2.49. The Morgan fingerprint density at radius 2 is 0.882 bits per heavy atom. The van der Waals surface area contributed by atoms with Gasteiger partial charge in [-0.25, -0.2) is 4.79 Å². The van der Waals surface area contributed by atoms with Crippen molar-refractivity contribution in [3.63, 3.8) is 0 Å². The molecule has 0 spiro atoms. The topological polar surface area (TPSA) is 99.1 Å². The van der Waals surface area contributed by atoms with Crippen LogP contribution in [-0.2, 0) is 28.6 Å². The minimum atomic E-state index is -2.38. The molecule has 0 aliphatic heterocycles. The molecule has 0 aromatic heterocycles. The first-order valence-electron chi connectivity index (χ1n) is 12.9. The largest absolute Gasteiger partial charge is 0.460 e. The maximum atomic E-state index is 13.1. The fraction of sp³-hybridized carbons (Fsp3) is 0.889.